The summed E-state index contributed by atoms with van der Waals surface area (Å²) < 4.78 is 0. The van der Waals surface area contributed by atoms with E-state index in [1.54, 1.807) is 44.2 Å². The number of carbonyl (C=O) groups excluding carboxylic acids is 7. The molecule has 4 atom stereocenters. The van der Waals surface area contributed by atoms with Gasteiger partial charge in [-0.1, -0.05) is 133 Å². The Morgan fingerprint density at radius 3 is 0.788 bits per heavy atom. The van der Waals surface area contributed by atoms with Crippen LogP contribution in [0.5, 0.6) is 0 Å². The fourth-order valence-electron chi connectivity index (χ4n) is 15.9. The van der Waals surface area contributed by atoms with Crippen LogP contribution in [0.3, 0.4) is 0 Å². The Morgan fingerprint density at radius 2 is 0.510 bits per heavy atom. The number of oxime groups is 7. The van der Waals surface area contributed by atoms with E-state index in [1.165, 1.54) is 18.2 Å². The highest BCUT2D eigenvalue weighted by Crippen LogP contribution is 2.45. The standard InChI is InChI=1S/C82H97N7O15/c1-50-63-42-65(71(40-54(63)48-90)77(91)98-83-56-26-12-5-13-27-56)52(3)66-43-64(55(49-97-104-89-62-38-24-11-25-39-62)41-72(66)78(92)99-84-57-28-14-6-15-29-57)51(2)68-45-70(76(82(96)103-88-61-36-22-10-23-37-61)47-74(68)80(94)101-86-59-32-18-8-19-33-59)53(4)69-44-67(50)73(79(93)100-85-58-30-16-7-17-31-58)46-75(69)81(95)102-87-60-34-20-9-21-35-60/h40-48,50-53H,5-39,49H2,1-4H3. The van der Waals surface area contributed by atoms with E-state index in [0.29, 0.717) is 134 Å². The van der Waals surface area contributed by atoms with Gasteiger partial charge in [0.05, 0.1) is 73.4 Å². The predicted octanol–water partition coefficient (Wildman–Crippen LogP) is 19.0. The van der Waals surface area contributed by atoms with E-state index < -0.39 is 59.5 Å². The lowest BCUT2D eigenvalue weighted by molar-refractivity contribution is -0.305. The van der Waals surface area contributed by atoms with Gasteiger partial charge in [-0.25, -0.2) is 33.8 Å². The summed E-state index contributed by atoms with van der Waals surface area (Å²) in [7, 11) is 0. The molecular weight excluding hydrogens is 1320 g/mol. The van der Waals surface area contributed by atoms with Gasteiger partial charge < -0.3 is 29.0 Å². The van der Waals surface area contributed by atoms with E-state index in [4.69, 9.17) is 38.9 Å². The van der Waals surface area contributed by atoms with Crippen molar-refractivity contribution < 1.29 is 72.5 Å². The van der Waals surface area contributed by atoms with Crippen LogP contribution in [0.25, 0.3) is 0 Å². The molecule has 4 aromatic rings. The Bertz CT molecular complexity index is 4100. The average molecular weight is 1420 g/mol. The van der Waals surface area contributed by atoms with Gasteiger partial charge in [-0.2, -0.15) is 4.89 Å². The van der Waals surface area contributed by atoms with Crippen LogP contribution >= 0.6 is 0 Å². The van der Waals surface area contributed by atoms with Gasteiger partial charge in [0.1, 0.15) is 12.9 Å². The van der Waals surface area contributed by atoms with Crippen LogP contribution in [0.1, 0.15) is 399 Å². The van der Waals surface area contributed by atoms with Gasteiger partial charge in [-0.15, -0.1) is 0 Å². The molecule has 22 heteroatoms. The molecule has 4 aromatic carbocycles. The number of aldehydes is 1. The molecule has 0 saturated heterocycles. The van der Waals surface area contributed by atoms with Crippen LogP contribution in [0, 0.1) is 0 Å². The summed E-state index contributed by atoms with van der Waals surface area (Å²) >= 11 is 0. The maximum absolute atomic E-state index is 15.5. The summed E-state index contributed by atoms with van der Waals surface area (Å²) in [5.41, 5.74) is 7.56. The smallest absolute Gasteiger partial charge is 0.313 e. The molecule has 7 fully saturated rings. The molecule has 8 bridgehead atoms. The number of nitrogens with zero attached hydrogens (tertiary/aromatic N) is 7. The molecular formula is C82H97N7O15. The largest absolute Gasteiger partial charge is 0.366 e. The van der Waals surface area contributed by atoms with Crippen LogP contribution in [-0.4, -0.2) is 82.1 Å². The second-order valence-corrected chi connectivity index (χ2v) is 29.4. The molecule has 12 rings (SSSR count). The SMILES string of the molecule is CC1c2cc(c(C(=O)ON=C3CCCCC3)cc2C=O)C(C)c2cc(c(COON=C3CCCCC3)cc2C(=O)ON=C2CCCCC2)C(C)c2cc(c(C(=O)ON=C3CCCCC3)cc2C(=O)ON=C2CCCCC2)C(C)c2cc1c(C(=O)ON=C1CCCCC1)cc2C(=O)ON=C1CCCCC1. The molecule has 0 amide bonds. The lowest BCUT2D eigenvalue weighted by Crippen LogP contribution is -2.21. The molecule has 0 aromatic heterocycles. The Morgan fingerprint density at radius 1 is 0.288 bits per heavy atom. The Kier molecular flexibility index (Phi) is 25.8. The summed E-state index contributed by atoms with van der Waals surface area (Å²) in [6, 6.07) is 12.8. The van der Waals surface area contributed by atoms with E-state index in [0.717, 1.165) is 165 Å². The third-order valence-corrected chi connectivity index (χ3v) is 22.2. The Hall–Kier alpha value is -9.18. The summed E-state index contributed by atoms with van der Waals surface area (Å²) in [5, 5.41) is 31.0. The lowest BCUT2D eigenvalue weighted by atomic mass is 9.75. The van der Waals surface area contributed by atoms with Crippen molar-refractivity contribution in [3.8, 4) is 0 Å². The number of rotatable bonds is 17. The minimum Gasteiger partial charge on any atom is -0.313 e. The van der Waals surface area contributed by atoms with Crippen molar-refractivity contribution in [2.45, 2.75) is 283 Å². The van der Waals surface area contributed by atoms with Gasteiger partial charge in [0.2, 0.25) is 0 Å². The van der Waals surface area contributed by atoms with Crippen molar-refractivity contribution in [2.75, 3.05) is 0 Å². The summed E-state index contributed by atoms with van der Waals surface area (Å²) in [5.74, 6) is -9.28. The first-order chi connectivity index (χ1) is 50.7. The highest BCUT2D eigenvalue weighted by molar-refractivity contribution is 6.03. The Labute approximate surface area is 608 Å². The minimum absolute atomic E-state index is 0.0306. The zero-order valence-electron chi connectivity index (χ0n) is 60.7. The van der Waals surface area contributed by atoms with Crippen molar-refractivity contribution >= 4 is 82.1 Å². The number of carbonyl (C=O) groups is 7. The van der Waals surface area contributed by atoms with E-state index in [-0.39, 0.29) is 67.8 Å². The lowest BCUT2D eigenvalue weighted by Gasteiger charge is -2.28. The quantitative estimate of drug-likeness (QED) is 0.0312. The zero-order chi connectivity index (χ0) is 72.5. The number of benzene rings is 4. The van der Waals surface area contributed by atoms with E-state index in [2.05, 4.69) is 36.1 Å². The van der Waals surface area contributed by atoms with Gasteiger partial charge in [0, 0.05) is 29.2 Å². The molecule has 4 unspecified atom stereocenters. The van der Waals surface area contributed by atoms with Gasteiger partial charge in [-0.3, -0.25) is 4.79 Å². The van der Waals surface area contributed by atoms with Crippen LogP contribution in [0.2, 0.25) is 0 Å². The molecule has 7 saturated carbocycles. The summed E-state index contributed by atoms with van der Waals surface area (Å²) in [4.78, 5) is 154. The van der Waals surface area contributed by atoms with Gasteiger partial charge in [-0.05, 0) is 254 Å². The molecule has 0 radical (unpaired) electrons. The number of fused-ring (bicyclic) bond motifs is 8. The zero-order valence-corrected chi connectivity index (χ0v) is 60.7. The molecule has 8 aliphatic carbocycles. The van der Waals surface area contributed by atoms with Crippen molar-refractivity contribution in [1.82, 2.24) is 0 Å². The molecule has 8 aliphatic rings. The molecule has 0 heterocycles. The van der Waals surface area contributed by atoms with Gasteiger partial charge in [0.25, 0.3) is 0 Å². The third-order valence-electron chi connectivity index (χ3n) is 22.2. The minimum atomic E-state index is -1.05. The third kappa shape index (κ3) is 18.5. The van der Waals surface area contributed by atoms with E-state index in [1.807, 2.05) is 13.8 Å². The van der Waals surface area contributed by atoms with Crippen molar-refractivity contribution in [3.05, 3.63) is 138 Å². The van der Waals surface area contributed by atoms with Crippen LogP contribution in [0.15, 0.2) is 84.6 Å². The maximum Gasteiger partial charge on any atom is 0.366 e. The topological polar surface area (TPSA) is 280 Å². The average Bonchev–Trinajstić information content (AvgIpc) is 0.746. The second kappa shape index (κ2) is 36.0. The van der Waals surface area contributed by atoms with E-state index >= 15 is 28.8 Å². The molecule has 22 nitrogen and oxygen atoms in total. The van der Waals surface area contributed by atoms with Crippen molar-refractivity contribution in [1.29, 1.82) is 0 Å². The first-order valence-corrected chi connectivity index (χ1v) is 38.3. The normalized spacial score (nSPS) is 20.7. The monoisotopic (exact) mass is 1420 g/mol. The second-order valence-electron chi connectivity index (χ2n) is 29.4. The first-order valence-electron chi connectivity index (χ1n) is 38.3. The molecule has 0 spiro atoms. The highest BCUT2D eigenvalue weighted by Gasteiger charge is 2.37. The van der Waals surface area contributed by atoms with Gasteiger partial charge in [0.15, 0.2) is 0 Å². The number of hydrogen-bond acceptors (Lipinski definition) is 22. The fourth-order valence-corrected chi connectivity index (χ4v) is 15.9. The van der Waals surface area contributed by atoms with E-state index in [9.17, 15) is 4.79 Å². The van der Waals surface area contributed by atoms with Crippen LogP contribution in [-0.2, 0) is 45.5 Å². The van der Waals surface area contributed by atoms with Crippen molar-refractivity contribution in [2.24, 2.45) is 36.1 Å². The summed E-state index contributed by atoms with van der Waals surface area (Å²) in [6.07, 6.45) is 29.0. The maximum atomic E-state index is 15.5. The number of hydrogen-bond donors (Lipinski definition) is 0. The van der Waals surface area contributed by atoms with Gasteiger partial charge >= 0.3 is 35.8 Å². The Balaban J connectivity index is 1.15. The summed E-state index contributed by atoms with van der Waals surface area (Å²) in [6.45, 7) is 6.95. The molecule has 0 aliphatic heterocycles. The van der Waals surface area contributed by atoms with Crippen LogP contribution in [0.4, 0.5) is 0 Å². The fraction of sp³-hybridized carbons (Fsp3) is 0.537. The molecule has 104 heavy (non-hydrogen) atoms. The first kappa shape index (κ1) is 74.5. The highest BCUT2D eigenvalue weighted by atomic mass is 17.3. The molecule has 0 N–H and O–H groups in total. The van der Waals surface area contributed by atoms with Crippen LogP contribution < -0.4 is 0 Å². The molecule has 550 valence electrons. The predicted molar refractivity (Wildman–Crippen MR) is 393 cm³/mol. The van der Waals surface area contributed by atoms with Crippen molar-refractivity contribution in [3.63, 3.8) is 0 Å².